The third-order valence-electron chi connectivity index (χ3n) is 1.17. The molecule has 4 nitrogen and oxygen atoms in total. The third kappa shape index (κ3) is 3.83. The van der Waals surface area contributed by atoms with Gasteiger partial charge in [0.15, 0.2) is 0 Å². The Bertz CT molecular complexity index is 161. The van der Waals surface area contributed by atoms with Gasteiger partial charge in [-0.1, -0.05) is 0 Å². The molecule has 0 aromatic rings. The van der Waals surface area contributed by atoms with Gasteiger partial charge in [-0.25, -0.2) is 0 Å². The molecule has 0 spiro atoms. The first kappa shape index (κ1) is 10.2. The van der Waals surface area contributed by atoms with E-state index < -0.39 is 0 Å². The first-order valence-electron chi connectivity index (χ1n) is 3.18. The maximum Gasteiger partial charge on any atom is 0.303 e. The standard InChI is InChI=1S/C6H10N2O2.ClH/c1-5(9)10-6-2-7-4-8-3-6;/h4,6H,2-3H2,1H3,(H,7,8);1H. The van der Waals surface area contributed by atoms with Crippen LogP contribution in [-0.4, -0.2) is 31.5 Å². The summed E-state index contributed by atoms with van der Waals surface area (Å²) in [6.07, 6.45) is 1.54. The zero-order chi connectivity index (χ0) is 7.40. The van der Waals surface area contributed by atoms with Gasteiger partial charge in [-0.05, 0) is 0 Å². The van der Waals surface area contributed by atoms with Gasteiger partial charge in [0.05, 0.1) is 19.4 Å². The molecule has 0 aromatic carbocycles. The van der Waals surface area contributed by atoms with Crippen molar-refractivity contribution in [2.75, 3.05) is 13.1 Å². The minimum Gasteiger partial charge on any atom is -0.459 e. The number of hydrogen-bond acceptors (Lipinski definition) is 4. The zero-order valence-electron chi connectivity index (χ0n) is 6.24. The van der Waals surface area contributed by atoms with Crippen molar-refractivity contribution in [2.24, 2.45) is 4.99 Å². The van der Waals surface area contributed by atoms with Crippen LogP contribution in [-0.2, 0) is 9.53 Å². The van der Waals surface area contributed by atoms with Crippen molar-refractivity contribution in [1.82, 2.24) is 5.32 Å². The van der Waals surface area contributed by atoms with E-state index in [1.165, 1.54) is 6.92 Å². The van der Waals surface area contributed by atoms with Gasteiger partial charge in [-0.3, -0.25) is 9.79 Å². The minimum absolute atomic E-state index is 0. The Labute approximate surface area is 71.4 Å². The van der Waals surface area contributed by atoms with E-state index >= 15 is 0 Å². The van der Waals surface area contributed by atoms with E-state index in [1.807, 2.05) is 0 Å². The van der Waals surface area contributed by atoms with Crippen LogP contribution >= 0.6 is 12.4 Å². The molecule has 1 rings (SSSR count). The van der Waals surface area contributed by atoms with Gasteiger partial charge in [0.2, 0.25) is 0 Å². The summed E-state index contributed by atoms with van der Waals surface area (Å²) >= 11 is 0. The number of nitrogens with zero attached hydrogens (tertiary/aromatic N) is 1. The molecule has 0 aliphatic carbocycles. The fourth-order valence-electron chi connectivity index (χ4n) is 0.797. The molecule has 0 aromatic heterocycles. The summed E-state index contributed by atoms with van der Waals surface area (Å²) < 4.78 is 4.88. The molecular weight excluding hydrogens is 168 g/mol. The lowest BCUT2D eigenvalue weighted by molar-refractivity contribution is -0.145. The van der Waals surface area contributed by atoms with Crippen LogP contribution in [0.1, 0.15) is 6.92 Å². The molecule has 1 heterocycles. The molecule has 1 aliphatic rings. The molecule has 0 fully saturated rings. The molecule has 0 saturated heterocycles. The number of aliphatic imine (C=N–C) groups is 1. The van der Waals surface area contributed by atoms with Crippen LogP contribution in [0, 0.1) is 0 Å². The number of halogens is 1. The molecule has 0 amide bonds. The fraction of sp³-hybridized carbons (Fsp3) is 0.667. The Hall–Kier alpha value is -0.770. The van der Waals surface area contributed by atoms with Gasteiger partial charge in [0, 0.05) is 6.92 Å². The summed E-state index contributed by atoms with van der Waals surface area (Å²) in [5, 5.41) is 2.87. The van der Waals surface area contributed by atoms with Crippen molar-refractivity contribution in [3.8, 4) is 0 Å². The van der Waals surface area contributed by atoms with Crippen molar-refractivity contribution in [2.45, 2.75) is 13.0 Å². The predicted octanol–water partition coefficient (Wildman–Crippen LogP) is -0.0286. The second-order valence-corrected chi connectivity index (χ2v) is 2.13. The number of carbonyl (C=O) groups is 1. The second kappa shape index (κ2) is 4.96. The van der Waals surface area contributed by atoms with E-state index in [0.29, 0.717) is 13.1 Å². The summed E-state index contributed by atoms with van der Waals surface area (Å²) in [7, 11) is 0. The largest absolute Gasteiger partial charge is 0.459 e. The van der Waals surface area contributed by atoms with Gasteiger partial charge in [-0.15, -0.1) is 12.4 Å². The maximum atomic E-state index is 10.4. The van der Waals surface area contributed by atoms with E-state index in [4.69, 9.17) is 4.74 Å². The third-order valence-corrected chi connectivity index (χ3v) is 1.17. The quantitative estimate of drug-likeness (QED) is 0.574. The second-order valence-electron chi connectivity index (χ2n) is 2.13. The van der Waals surface area contributed by atoms with E-state index in [9.17, 15) is 4.79 Å². The topological polar surface area (TPSA) is 50.7 Å². The minimum atomic E-state index is -0.246. The molecule has 1 aliphatic heterocycles. The van der Waals surface area contributed by atoms with E-state index in [0.717, 1.165) is 0 Å². The van der Waals surface area contributed by atoms with Crippen molar-refractivity contribution in [1.29, 1.82) is 0 Å². The van der Waals surface area contributed by atoms with Crippen molar-refractivity contribution < 1.29 is 9.53 Å². The average Bonchev–Trinajstić information content (AvgIpc) is 1.88. The molecule has 0 bridgehead atoms. The van der Waals surface area contributed by atoms with Crippen LogP contribution in [0.4, 0.5) is 0 Å². The Balaban J connectivity index is 0.000001000. The van der Waals surface area contributed by atoms with E-state index in [-0.39, 0.29) is 24.5 Å². The van der Waals surface area contributed by atoms with Crippen molar-refractivity contribution in [3.63, 3.8) is 0 Å². The highest BCUT2D eigenvalue weighted by atomic mass is 35.5. The van der Waals surface area contributed by atoms with E-state index in [2.05, 4.69) is 10.3 Å². The molecular formula is C6H11ClN2O2. The first-order valence-corrected chi connectivity index (χ1v) is 3.18. The molecule has 1 atom stereocenters. The van der Waals surface area contributed by atoms with Crippen molar-refractivity contribution in [3.05, 3.63) is 0 Å². The number of ether oxygens (including phenoxy) is 1. The van der Waals surface area contributed by atoms with Crippen molar-refractivity contribution >= 4 is 24.7 Å². The van der Waals surface area contributed by atoms with Crippen LogP contribution < -0.4 is 5.32 Å². The molecule has 64 valence electrons. The van der Waals surface area contributed by atoms with Crippen LogP contribution in [0.15, 0.2) is 4.99 Å². The van der Waals surface area contributed by atoms with Gasteiger partial charge >= 0.3 is 5.97 Å². The number of nitrogens with one attached hydrogen (secondary N) is 1. The lowest BCUT2D eigenvalue weighted by Crippen LogP contribution is -2.35. The summed E-state index contributed by atoms with van der Waals surface area (Å²) in [6, 6.07) is 0. The van der Waals surface area contributed by atoms with Crippen LogP contribution in [0.5, 0.6) is 0 Å². The summed E-state index contributed by atoms with van der Waals surface area (Å²) in [5.74, 6) is -0.246. The van der Waals surface area contributed by atoms with Gasteiger partial charge in [-0.2, -0.15) is 0 Å². The predicted molar refractivity (Wildman–Crippen MR) is 44.2 cm³/mol. The molecule has 5 heteroatoms. The van der Waals surface area contributed by atoms with E-state index in [1.54, 1.807) is 6.34 Å². The smallest absolute Gasteiger partial charge is 0.303 e. The Morgan fingerprint density at radius 3 is 3.00 bits per heavy atom. The summed E-state index contributed by atoms with van der Waals surface area (Å²) in [5.41, 5.74) is 0. The molecule has 11 heavy (non-hydrogen) atoms. The monoisotopic (exact) mass is 178 g/mol. The first-order chi connectivity index (χ1) is 4.79. The summed E-state index contributed by atoms with van der Waals surface area (Å²) in [4.78, 5) is 14.3. The zero-order valence-corrected chi connectivity index (χ0v) is 7.06. The number of carbonyl (C=O) groups excluding carboxylic acids is 1. The average molecular weight is 179 g/mol. The molecule has 0 saturated carbocycles. The Morgan fingerprint density at radius 1 is 1.82 bits per heavy atom. The van der Waals surface area contributed by atoms with Crippen LogP contribution in [0.3, 0.4) is 0 Å². The SMILES string of the molecule is CC(=O)OC1CN=CNC1.Cl. The van der Waals surface area contributed by atoms with Crippen LogP contribution in [0.25, 0.3) is 0 Å². The lowest BCUT2D eigenvalue weighted by Gasteiger charge is -2.17. The van der Waals surface area contributed by atoms with Gasteiger partial charge in [0.25, 0.3) is 0 Å². The Morgan fingerprint density at radius 2 is 2.55 bits per heavy atom. The highest BCUT2D eigenvalue weighted by molar-refractivity contribution is 5.85. The molecule has 0 radical (unpaired) electrons. The highest BCUT2D eigenvalue weighted by Gasteiger charge is 2.11. The molecule has 1 N–H and O–H groups in total. The number of hydrogen-bond donors (Lipinski definition) is 1. The fourth-order valence-corrected chi connectivity index (χ4v) is 0.797. The Kier molecular flexibility index (Phi) is 4.61. The highest BCUT2D eigenvalue weighted by Crippen LogP contribution is 1.94. The molecule has 1 unspecified atom stereocenters. The van der Waals surface area contributed by atoms with Crippen LogP contribution in [0.2, 0.25) is 0 Å². The van der Waals surface area contributed by atoms with Gasteiger partial charge in [0.1, 0.15) is 6.10 Å². The number of rotatable bonds is 1. The lowest BCUT2D eigenvalue weighted by atomic mass is 10.3. The summed E-state index contributed by atoms with van der Waals surface area (Å²) in [6.45, 7) is 2.65. The number of esters is 1. The maximum absolute atomic E-state index is 10.4. The normalized spacial score (nSPS) is 21.4. The van der Waals surface area contributed by atoms with Gasteiger partial charge < -0.3 is 10.1 Å².